The maximum atomic E-state index is 12.3. The zero-order chi connectivity index (χ0) is 14.8. The summed E-state index contributed by atoms with van der Waals surface area (Å²) in [4.78, 5) is 13.4. The number of hydrogen-bond acceptors (Lipinski definition) is 1. The monoisotopic (exact) mass is 355 g/mol. The third-order valence-corrected chi connectivity index (χ3v) is 4.36. The Labute approximate surface area is 138 Å². The van der Waals surface area contributed by atoms with Gasteiger partial charge in [0.25, 0.3) is 9.70 Å². The topological polar surface area (TPSA) is 33.5 Å². The highest BCUT2D eigenvalue weighted by Gasteiger charge is 2.43. The molecule has 0 spiro atoms. The largest absolute Gasteiger partial charge is 0.312 e. The van der Waals surface area contributed by atoms with Crippen LogP contribution in [-0.2, 0) is 0 Å². The van der Waals surface area contributed by atoms with Crippen LogP contribution in [0, 0.1) is 0 Å². The van der Waals surface area contributed by atoms with Gasteiger partial charge in [0.1, 0.15) is 0 Å². The van der Waals surface area contributed by atoms with Crippen molar-refractivity contribution in [3.05, 3.63) is 34.9 Å². The van der Waals surface area contributed by atoms with Crippen molar-refractivity contribution in [1.82, 2.24) is 5.32 Å². The molecule has 0 radical (unpaired) electrons. The number of hydrogen-bond donors (Lipinski definition) is 2. The van der Waals surface area contributed by atoms with E-state index >= 15 is 0 Å². The van der Waals surface area contributed by atoms with Crippen LogP contribution < -0.4 is 10.2 Å². The second-order valence-corrected chi connectivity index (χ2v) is 7.57. The van der Waals surface area contributed by atoms with Gasteiger partial charge in [0.2, 0.25) is 6.17 Å². The minimum Gasteiger partial charge on any atom is -0.312 e. The van der Waals surface area contributed by atoms with Crippen LogP contribution in [0.4, 0.5) is 0 Å². The zero-order valence-corrected chi connectivity index (χ0v) is 13.7. The second-order valence-electron chi connectivity index (χ2n) is 4.79. The predicted molar refractivity (Wildman–Crippen MR) is 82.9 cm³/mol. The van der Waals surface area contributed by atoms with Crippen molar-refractivity contribution >= 4 is 52.3 Å². The number of carbonyl (C=O) groups excluding carboxylic acids is 1. The van der Waals surface area contributed by atoms with E-state index in [1.807, 2.05) is 0 Å². The number of rotatable bonds is 3. The lowest BCUT2D eigenvalue weighted by molar-refractivity contribution is -0.915. The summed E-state index contributed by atoms with van der Waals surface area (Å²) >= 11 is 24.0. The van der Waals surface area contributed by atoms with E-state index in [-0.39, 0.29) is 5.91 Å². The number of benzene rings is 1. The molecule has 2 N–H and O–H groups in total. The highest BCUT2D eigenvalue weighted by molar-refractivity contribution is 6.68. The molecule has 0 aromatic heterocycles. The average molecular weight is 357 g/mol. The molecule has 1 amide bonds. The number of quaternary nitrogens is 1. The van der Waals surface area contributed by atoms with E-state index in [1.165, 1.54) is 0 Å². The molecule has 20 heavy (non-hydrogen) atoms. The normalized spacial score (nSPS) is 18.0. The Morgan fingerprint density at radius 1 is 1.20 bits per heavy atom. The number of amides is 1. The summed E-state index contributed by atoms with van der Waals surface area (Å²) in [7, 11) is 0. The van der Waals surface area contributed by atoms with Gasteiger partial charge in [-0.3, -0.25) is 10.1 Å². The van der Waals surface area contributed by atoms with Crippen LogP contribution >= 0.6 is 46.4 Å². The van der Waals surface area contributed by atoms with Crippen molar-refractivity contribution in [2.45, 2.75) is 22.8 Å². The summed E-state index contributed by atoms with van der Waals surface area (Å²) < 4.78 is -1.56. The lowest BCUT2D eigenvalue weighted by Crippen LogP contribution is -3.17. The highest BCUT2D eigenvalue weighted by atomic mass is 35.6. The molecule has 0 unspecified atom stereocenters. The van der Waals surface area contributed by atoms with Gasteiger partial charge in [0.05, 0.1) is 23.7 Å². The second kappa shape index (κ2) is 6.71. The van der Waals surface area contributed by atoms with E-state index in [0.29, 0.717) is 10.6 Å². The predicted octanol–water partition coefficient (Wildman–Crippen LogP) is 2.44. The standard InChI is InChI=1S/C13H14Cl4N2O/c14-10-6-2-1-5-9(10)11(20)18-12(13(15,16)17)19-7-3-4-8-19/h1-2,5-6,12H,3-4,7-8H2,(H,18,20)/p+1/t12-/m0/s1. The molecule has 0 bridgehead atoms. The summed E-state index contributed by atoms with van der Waals surface area (Å²) in [5, 5.41) is 3.18. The molecule has 1 saturated heterocycles. The fourth-order valence-corrected chi connectivity index (χ4v) is 3.24. The molecule has 0 aliphatic carbocycles. The number of carbonyl (C=O) groups is 1. The molecule has 3 nitrogen and oxygen atoms in total. The SMILES string of the molecule is O=C(N[C@@H]([NH+]1CCCC1)C(Cl)(Cl)Cl)c1ccccc1Cl. The quantitative estimate of drug-likeness (QED) is 0.801. The van der Waals surface area contributed by atoms with Gasteiger partial charge in [-0.15, -0.1) is 0 Å². The molecule has 1 fully saturated rings. The summed E-state index contributed by atoms with van der Waals surface area (Å²) in [6.07, 6.45) is 1.54. The Morgan fingerprint density at radius 3 is 2.35 bits per heavy atom. The maximum Gasteiger partial charge on any atom is 0.262 e. The molecule has 2 rings (SSSR count). The van der Waals surface area contributed by atoms with Crippen molar-refractivity contribution in [2.24, 2.45) is 0 Å². The first kappa shape index (κ1) is 16.2. The Bertz CT molecular complexity index is 484. The van der Waals surface area contributed by atoms with E-state index < -0.39 is 9.96 Å². The fourth-order valence-electron chi connectivity index (χ4n) is 2.39. The molecule has 1 aromatic rings. The van der Waals surface area contributed by atoms with E-state index in [4.69, 9.17) is 46.4 Å². The molecule has 1 aliphatic rings. The molecular weight excluding hydrogens is 342 g/mol. The minimum atomic E-state index is -1.56. The van der Waals surface area contributed by atoms with Crippen LogP contribution in [0.3, 0.4) is 0 Å². The zero-order valence-electron chi connectivity index (χ0n) is 10.6. The Balaban J connectivity index is 2.16. The Kier molecular flexibility index (Phi) is 5.43. The van der Waals surface area contributed by atoms with Gasteiger partial charge in [-0.2, -0.15) is 0 Å². The number of likely N-dealkylation sites (tertiary alicyclic amines) is 1. The first-order chi connectivity index (χ1) is 9.39. The van der Waals surface area contributed by atoms with Gasteiger partial charge < -0.3 is 4.90 Å². The van der Waals surface area contributed by atoms with Gasteiger partial charge in [0.15, 0.2) is 0 Å². The molecule has 1 heterocycles. The summed E-state index contributed by atoms with van der Waals surface area (Å²) in [5.74, 6) is -0.327. The van der Waals surface area contributed by atoms with Crippen molar-refractivity contribution in [2.75, 3.05) is 13.1 Å². The van der Waals surface area contributed by atoms with E-state index in [9.17, 15) is 4.79 Å². The van der Waals surface area contributed by atoms with E-state index in [1.54, 1.807) is 24.3 Å². The number of nitrogens with one attached hydrogen (secondary N) is 2. The van der Waals surface area contributed by atoms with Crippen molar-refractivity contribution in [3.8, 4) is 0 Å². The lowest BCUT2D eigenvalue weighted by atomic mass is 10.2. The number of halogens is 4. The third kappa shape index (κ3) is 3.92. The lowest BCUT2D eigenvalue weighted by Gasteiger charge is -2.30. The minimum absolute atomic E-state index is 0.327. The van der Waals surface area contributed by atoms with Crippen molar-refractivity contribution in [3.63, 3.8) is 0 Å². The van der Waals surface area contributed by atoms with Gasteiger partial charge >= 0.3 is 0 Å². The maximum absolute atomic E-state index is 12.3. The Hall–Kier alpha value is -0.190. The molecule has 1 aromatic carbocycles. The van der Waals surface area contributed by atoms with Gasteiger partial charge in [0, 0.05) is 12.8 Å². The van der Waals surface area contributed by atoms with Crippen molar-refractivity contribution in [1.29, 1.82) is 0 Å². The molecule has 110 valence electrons. The van der Waals surface area contributed by atoms with Crippen LogP contribution in [-0.4, -0.2) is 29.0 Å². The van der Waals surface area contributed by atoms with Crippen LogP contribution in [0.5, 0.6) is 0 Å². The first-order valence-corrected chi connectivity index (χ1v) is 7.87. The first-order valence-electron chi connectivity index (χ1n) is 6.36. The molecule has 1 atom stereocenters. The van der Waals surface area contributed by atoms with Gasteiger partial charge in [-0.25, -0.2) is 0 Å². The smallest absolute Gasteiger partial charge is 0.262 e. The van der Waals surface area contributed by atoms with Crippen LogP contribution in [0.25, 0.3) is 0 Å². The summed E-state index contributed by atoms with van der Waals surface area (Å²) in [5.41, 5.74) is 0.381. The Morgan fingerprint density at radius 2 is 1.80 bits per heavy atom. The fraction of sp³-hybridized carbons (Fsp3) is 0.462. The third-order valence-electron chi connectivity index (χ3n) is 3.38. The van der Waals surface area contributed by atoms with E-state index in [2.05, 4.69) is 5.32 Å². The van der Waals surface area contributed by atoms with Crippen LogP contribution in [0.1, 0.15) is 23.2 Å². The van der Waals surface area contributed by atoms with Crippen LogP contribution in [0.15, 0.2) is 24.3 Å². The molecule has 1 aliphatic heterocycles. The molecule has 0 saturated carbocycles. The highest BCUT2D eigenvalue weighted by Crippen LogP contribution is 2.28. The van der Waals surface area contributed by atoms with Gasteiger partial charge in [-0.1, -0.05) is 58.5 Å². The van der Waals surface area contributed by atoms with E-state index in [0.717, 1.165) is 30.8 Å². The van der Waals surface area contributed by atoms with Crippen molar-refractivity contribution < 1.29 is 9.69 Å². The molecular formula is C13H15Cl4N2O+. The average Bonchev–Trinajstić information content (AvgIpc) is 2.88. The van der Waals surface area contributed by atoms with Gasteiger partial charge in [-0.05, 0) is 12.1 Å². The summed E-state index contributed by atoms with van der Waals surface area (Å²) in [6.45, 7) is 1.75. The molecule has 7 heteroatoms. The summed E-state index contributed by atoms with van der Waals surface area (Å²) in [6, 6.07) is 6.81. The number of alkyl halides is 3. The van der Waals surface area contributed by atoms with Crippen LogP contribution in [0.2, 0.25) is 5.02 Å².